The number of alkyl halides is 2. The van der Waals surface area contributed by atoms with Crippen molar-refractivity contribution < 1.29 is 33.0 Å². The summed E-state index contributed by atoms with van der Waals surface area (Å²) in [5.41, 5.74) is 1.44. The largest absolute Gasteiger partial charge is 0.496 e. The number of carboxylic acid groups (broad SMARTS) is 1. The number of halogens is 2. The Hall–Kier alpha value is -3.62. The lowest BCUT2D eigenvalue weighted by atomic mass is 9.89. The third-order valence-electron chi connectivity index (χ3n) is 5.94. The lowest BCUT2D eigenvalue weighted by Crippen LogP contribution is -2.20. The summed E-state index contributed by atoms with van der Waals surface area (Å²) in [5.74, 6) is -2.50. The highest BCUT2D eigenvalue weighted by molar-refractivity contribution is 5.92. The van der Waals surface area contributed by atoms with Gasteiger partial charge < -0.3 is 19.6 Å². The van der Waals surface area contributed by atoms with Gasteiger partial charge in [0.05, 0.1) is 18.6 Å². The average Bonchev–Trinajstić information content (AvgIpc) is 3.44. The molecule has 2 aromatic carbocycles. The Kier molecular flexibility index (Phi) is 6.48. The van der Waals surface area contributed by atoms with Gasteiger partial charge in [-0.25, -0.2) is 18.4 Å². The minimum Gasteiger partial charge on any atom is -0.496 e. The first kappa shape index (κ1) is 22.6. The molecule has 33 heavy (non-hydrogen) atoms. The summed E-state index contributed by atoms with van der Waals surface area (Å²) in [6.07, 6.45) is 1.77. The van der Waals surface area contributed by atoms with Gasteiger partial charge >= 0.3 is 12.1 Å². The maximum absolute atomic E-state index is 14.3. The minimum atomic E-state index is -2.79. The Morgan fingerprint density at radius 2 is 1.88 bits per heavy atom. The molecule has 9 heteroatoms. The van der Waals surface area contributed by atoms with Crippen molar-refractivity contribution in [2.45, 2.75) is 44.1 Å². The molecule has 1 atom stereocenters. The monoisotopic (exact) mass is 458 g/mol. The Balaban J connectivity index is 1.67. The zero-order valence-corrected chi connectivity index (χ0v) is 17.9. The molecule has 3 N–H and O–H groups in total. The van der Waals surface area contributed by atoms with Gasteiger partial charge in [-0.1, -0.05) is 6.07 Å². The SMILES string of the molecule is COc1cc(C(=O)O)ccc1C(c1c[nH]c2ccc(NC(=O)OC3CCCC3)cc12)C(F)F. The predicted octanol–water partition coefficient (Wildman–Crippen LogP) is 5.76. The van der Waals surface area contributed by atoms with E-state index >= 15 is 0 Å². The Bertz CT molecular complexity index is 1170. The molecule has 1 fully saturated rings. The van der Waals surface area contributed by atoms with Crippen molar-refractivity contribution >= 4 is 28.7 Å². The topological polar surface area (TPSA) is 101 Å². The van der Waals surface area contributed by atoms with Crippen LogP contribution in [-0.2, 0) is 4.74 Å². The van der Waals surface area contributed by atoms with Gasteiger partial charge in [-0.15, -0.1) is 0 Å². The molecular formula is C24H24F2N2O5. The number of benzene rings is 2. The fraction of sp³-hybridized carbons (Fsp3) is 0.333. The van der Waals surface area contributed by atoms with E-state index in [9.17, 15) is 23.5 Å². The van der Waals surface area contributed by atoms with E-state index in [2.05, 4.69) is 10.3 Å². The van der Waals surface area contributed by atoms with Crippen molar-refractivity contribution in [3.05, 3.63) is 59.3 Å². The average molecular weight is 458 g/mol. The number of anilines is 1. The van der Waals surface area contributed by atoms with Gasteiger partial charge in [0, 0.05) is 28.4 Å². The Morgan fingerprint density at radius 3 is 2.55 bits per heavy atom. The molecule has 0 aliphatic heterocycles. The number of hydrogen-bond donors (Lipinski definition) is 3. The van der Waals surface area contributed by atoms with Crippen LogP contribution in [-0.4, -0.2) is 41.8 Å². The lowest BCUT2D eigenvalue weighted by molar-refractivity contribution is 0.0696. The van der Waals surface area contributed by atoms with Gasteiger partial charge in [-0.05, 0) is 61.6 Å². The first-order valence-electron chi connectivity index (χ1n) is 10.7. The molecule has 1 unspecified atom stereocenters. The van der Waals surface area contributed by atoms with Crippen LogP contribution in [0.4, 0.5) is 19.3 Å². The van der Waals surface area contributed by atoms with Crippen LogP contribution in [0.1, 0.15) is 53.1 Å². The van der Waals surface area contributed by atoms with E-state index in [1.165, 1.54) is 31.5 Å². The first-order valence-corrected chi connectivity index (χ1v) is 10.7. The summed E-state index contributed by atoms with van der Waals surface area (Å²) in [6.45, 7) is 0. The van der Waals surface area contributed by atoms with Gasteiger partial charge in [0.25, 0.3) is 0 Å². The smallest absolute Gasteiger partial charge is 0.411 e. The molecule has 1 aromatic heterocycles. The van der Waals surface area contributed by atoms with Gasteiger partial charge in [0.2, 0.25) is 6.43 Å². The number of methoxy groups -OCH3 is 1. The number of aromatic amines is 1. The van der Waals surface area contributed by atoms with Gasteiger partial charge in [-0.3, -0.25) is 5.32 Å². The van der Waals surface area contributed by atoms with Crippen LogP contribution in [0.25, 0.3) is 10.9 Å². The number of carbonyl (C=O) groups excluding carboxylic acids is 1. The summed E-state index contributed by atoms with van der Waals surface area (Å²) >= 11 is 0. The summed E-state index contributed by atoms with van der Waals surface area (Å²) < 4.78 is 39.3. The number of amides is 1. The molecule has 1 heterocycles. The zero-order chi connectivity index (χ0) is 23.5. The summed E-state index contributed by atoms with van der Waals surface area (Å²) in [7, 11) is 1.31. The number of carboxylic acids is 1. The maximum Gasteiger partial charge on any atom is 0.411 e. The van der Waals surface area contributed by atoms with Crippen LogP contribution in [0.5, 0.6) is 5.75 Å². The Labute approximate surface area is 188 Å². The third-order valence-corrected chi connectivity index (χ3v) is 5.94. The van der Waals surface area contributed by atoms with Crippen LogP contribution >= 0.6 is 0 Å². The Morgan fingerprint density at radius 1 is 1.12 bits per heavy atom. The molecule has 1 saturated carbocycles. The normalized spacial score (nSPS) is 15.0. The summed E-state index contributed by atoms with van der Waals surface area (Å²) in [6, 6.07) is 8.82. The number of ether oxygens (including phenoxy) is 2. The number of fused-ring (bicyclic) bond motifs is 1. The van der Waals surface area contributed by atoms with Crippen molar-refractivity contribution in [1.82, 2.24) is 4.98 Å². The van der Waals surface area contributed by atoms with Gasteiger partial charge in [0.15, 0.2) is 0 Å². The molecule has 7 nitrogen and oxygen atoms in total. The summed E-state index contributed by atoms with van der Waals surface area (Å²) in [4.78, 5) is 26.5. The van der Waals surface area contributed by atoms with E-state index in [1.807, 2.05) is 0 Å². The van der Waals surface area contributed by atoms with E-state index in [0.29, 0.717) is 22.2 Å². The van der Waals surface area contributed by atoms with Crippen molar-refractivity contribution in [2.75, 3.05) is 12.4 Å². The molecule has 0 spiro atoms. The molecule has 1 aliphatic carbocycles. The highest BCUT2D eigenvalue weighted by atomic mass is 19.3. The quantitative estimate of drug-likeness (QED) is 0.418. The maximum atomic E-state index is 14.3. The molecule has 1 amide bonds. The first-order chi connectivity index (χ1) is 15.9. The molecule has 0 radical (unpaired) electrons. The highest BCUT2D eigenvalue weighted by Gasteiger charge is 2.30. The lowest BCUT2D eigenvalue weighted by Gasteiger charge is -2.20. The van der Waals surface area contributed by atoms with E-state index < -0.39 is 24.4 Å². The molecule has 1 aliphatic rings. The van der Waals surface area contributed by atoms with Crippen molar-refractivity contribution in [3.8, 4) is 5.75 Å². The van der Waals surface area contributed by atoms with E-state index in [-0.39, 0.29) is 23.0 Å². The number of aromatic carboxylic acids is 1. The molecular weight excluding hydrogens is 434 g/mol. The number of H-pyrrole nitrogens is 1. The molecule has 0 bridgehead atoms. The predicted molar refractivity (Wildman–Crippen MR) is 118 cm³/mol. The molecule has 3 aromatic rings. The van der Waals surface area contributed by atoms with Crippen molar-refractivity contribution in [1.29, 1.82) is 0 Å². The molecule has 174 valence electrons. The number of rotatable bonds is 7. The number of carbonyl (C=O) groups is 2. The second-order valence-corrected chi connectivity index (χ2v) is 8.02. The zero-order valence-electron chi connectivity index (χ0n) is 17.9. The molecule has 0 saturated heterocycles. The van der Waals surface area contributed by atoms with Crippen LogP contribution < -0.4 is 10.1 Å². The second kappa shape index (κ2) is 9.48. The van der Waals surface area contributed by atoms with Crippen molar-refractivity contribution in [3.63, 3.8) is 0 Å². The van der Waals surface area contributed by atoms with Crippen molar-refractivity contribution in [2.24, 2.45) is 0 Å². The summed E-state index contributed by atoms with van der Waals surface area (Å²) in [5, 5.41) is 12.4. The van der Waals surface area contributed by atoms with Crippen LogP contribution in [0.3, 0.4) is 0 Å². The van der Waals surface area contributed by atoms with E-state index in [4.69, 9.17) is 9.47 Å². The minimum absolute atomic E-state index is 0.0592. The standard InChI is InChI=1S/C24H24F2N2O5/c1-32-20-10-13(23(29)30)6-8-16(20)21(22(25)26)18-12-27-19-9-7-14(11-17(18)19)28-24(31)33-15-4-2-3-5-15/h6-12,15,21-22,27H,2-5H2,1H3,(H,28,31)(H,29,30). The second-order valence-electron chi connectivity index (χ2n) is 8.02. The number of hydrogen-bond acceptors (Lipinski definition) is 4. The number of nitrogens with one attached hydrogen (secondary N) is 2. The van der Waals surface area contributed by atoms with E-state index in [1.54, 1.807) is 18.2 Å². The highest BCUT2D eigenvalue weighted by Crippen LogP contribution is 2.40. The van der Waals surface area contributed by atoms with Crippen LogP contribution in [0.15, 0.2) is 42.6 Å². The van der Waals surface area contributed by atoms with E-state index in [0.717, 1.165) is 25.7 Å². The van der Waals surface area contributed by atoms with Gasteiger partial charge in [-0.2, -0.15) is 0 Å². The number of aromatic nitrogens is 1. The fourth-order valence-electron chi connectivity index (χ4n) is 4.32. The fourth-order valence-corrected chi connectivity index (χ4v) is 4.32. The van der Waals surface area contributed by atoms with Crippen LogP contribution in [0.2, 0.25) is 0 Å². The van der Waals surface area contributed by atoms with Gasteiger partial charge in [0.1, 0.15) is 11.9 Å². The third kappa shape index (κ3) is 4.76. The molecule has 4 rings (SSSR count). The van der Waals surface area contributed by atoms with Crippen LogP contribution in [0, 0.1) is 0 Å².